The average molecular weight is 218 g/mol. The van der Waals surface area contributed by atoms with Crippen LogP contribution in [0.5, 0.6) is 0 Å². The van der Waals surface area contributed by atoms with Gasteiger partial charge in [0.2, 0.25) is 0 Å². The number of nitriles is 1. The third-order valence-electron chi connectivity index (χ3n) is 2.34. The largest absolute Gasteiger partial charge is 0.480 e. The summed E-state index contributed by atoms with van der Waals surface area (Å²) in [6, 6.07) is 8.60. The number of rotatable bonds is 5. The molecule has 1 atom stereocenters. The van der Waals surface area contributed by atoms with Crippen molar-refractivity contribution in [2.24, 2.45) is 0 Å². The van der Waals surface area contributed by atoms with Gasteiger partial charge in [0.05, 0.1) is 11.6 Å². The first-order valence-electron chi connectivity index (χ1n) is 5.12. The number of nitrogens with zero attached hydrogens (tertiary/aromatic N) is 1. The van der Waals surface area contributed by atoms with Gasteiger partial charge in [0.15, 0.2) is 0 Å². The van der Waals surface area contributed by atoms with Gasteiger partial charge in [0.25, 0.3) is 0 Å². The maximum Gasteiger partial charge on any atom is 0.320 e. The quantitative estimate of drug-likeness (QED) is 0.785. The lowest BCUT2D eigenvalue weighted by Gasteiger charge is -2.11. The second kappa shape index (κ2) is 5.89. The van der Waals surface area contributed by atoms with Gasteiger partial charge < -0.3 is 10.4 Å². The summed E-state index contributed by atoms with van der Waals surface area (Å²) in [6.07, 6.45) is 0.547. The summed E-state index contributed by atoms with van der Waals surface area (Å²) in [4.78, 5) is 10.7. The monoisotopic (exact) mass is 218 g/mol. The summed E-state index contributed by atoms with van der Waals surface area (Å²) in [5.74, 6) is -0.837. The van der Waals surface area contributed by atoms with Crippen molar-refractivity contribution in [1.82, 2.24) is 5.32 Å². The van der Waals surface area contributed by atoms with Gasteiger partial charge in [-0.3, -0.25) is 4.79 Å². The molecule has 4 heteroatoms. The Morgan fingerprint density at radius 1 is 1.50 bits per heavy atom. The maximum atomic E-state index is 10.7. The highest BCUT2D eigenvalue weighted by atomic mass is 16.4. The normalized spacial score (nSPS) is 11.8. The van der Waals surface area contributed by atoms with Crippen LogP contribution >= 0.6 is 0 Å². The zero-order valence-electron chi connectivity index (χ0n) is 9.10. The Labute approximate surface area is 94.5 Å². The highest BCUT2D eigenvalue weighted by Crippen LogP contribution is 2.03. The van der Waals surface area contributed by atoms with Crippen LogP contribution in [0.1, 0.15) is 24.5 Å². The molecule has 0 bridgehead atoms. The molecule has 4 nitrogen and oxygen atoms in total. The van der Waals surface area contributed by atoms with E-state index < -0.39 is 12.0 Å². The fourth-order valence-corrected chi connectivity index (χ4v) is 1.34. The van der Waals surface area contributed by atoms with Gasteiger partial charge in [-0.05, 0) is 24.1 Å². The Morgan fingerprint density at radius 3 is 2.56 bits per heavy atom. The van der Waals surface area contributed by atoms with E-state index >= 15 is 0 Å². The van der Waals surface area contributed by atoms with E-state index in [9.17, 15) is 4.79 Å². The third kappa shape index (κ3) is 3.37. The molecule has 0 heterocycles. The van der Waals surface area contributed by atoms with E-state index in [0.29, 0.717) is 18.5 Å². The molecule has 0 saturated heterocycles. The molecule has 0 saturated carbocycles. The Bertz CT molecular complexity index is 392. The van der Waals surface area contributed by atoms with Crippen LogP contribution < -0.4 is 5.32 Å². The van der Waals surface area contributed by atoms with Crippen LogP contribution in [0, 0.1) is 11.3 Å². The van der Waals surface area contributed by atoms with E-state index in [2.05, 4.69) is 5.32 Å². The zero-order valence-corrected chi connectivity index (χ0v) is 9.10. The van der Waals surface area contributed by atoms with Crippen LogP contribution in [0.3, 0.4) is 0 Å². The molecule has 84 valence electrons. The summed E-state index contributed by atoms with van der Waals surface area (Å²) in [5.41, 5.74) is 1.58. The van der Waals surface area contributed by atoms with E-state index in [0.717, 1.165) is 5.56 Å². The average Bonchev–Trinajstić information content (AvgIpc) is 2.30. The van der Waals surface area contributed by atoms with Gasteiger partial charge >= 0.3 is 5.97 Å². The molecular formula is C12H14N2O2. The second-order valence-electron chi connectivity index (χ2n) is 3.49. The molecule has 1 rings (SSSR count). The van der Waals surface area contributed by atoms with Gasteiger partial charge in [0, 0.05) is 6.54 Å². The molecule has 1 aromatic carbocycles. The number of carboxylic acid groups (broad SMARTS) is 1. The molecule has 0 spiro atoms. The summed E-state index contributed by atoms with van der Waals surface area (Å²) in [6.45, 7) is 2.32. The van der Waals surface area contributed by atoms with Gasteiger partial charge in [0.1, 0.15) is 6.04 Å². The molecule has 2 N–H and O–H groups in total. The van der Waals surface area contributed by atoms with Crippen LogP contribution in [0.4, 0.5) is 0 Å². The Kier molecular flexibility index (Phi) is 4.49. The Hall–Kier alpha value is -1.86. The summed E-state index contributed by atoms with van der Waals surface area (Å²) in [7, 11) is 0. The van der Waals surface area contributed by atoms with Crippen molar-refractivity contribution in [1.29, 1.82) is 5.26 Å². The van der Waals surface area contributed by atoms with Crippen LogP contribution in [0.15, 0.2) is 24.3 Å². The molecular weight excluding hydrogens is 204 g/mol. The van der Waals surface area contributed by atoms with Crippen molar-refractivity contribution < 1.29 is 9.90 Å². The van der Waals surface area contributed by atoms with Crippen molar-refractivity contribution >= 4 is 5.97 Å². The van der Waals surface area contributed by atoms with Crippen molar-refractivity contribution in [2.75, 3.05) is 0 Å². The molecule has 1 unspecified atom stereocenters. The molecule has 0 amide bonds. The molecule has 0 aliphatic carbocycles. The van der Waals surface area contributed by atoms with Gasteiger partial charge in [-0.2, -0.15) is 5.26 Å². The number of hydrogen-bond acceptors (Lipinski definition) is 3. The van der Waals surface area contributed by atoms with Crippen LogP contribution in [-0.2, 0) is 11.3 Å². The first-order valence-corrected chi connectivity index (χ1v) is 5.12. The van der Waals surface area contributed by atoms with Gasteiger partial charge in [-0.15, -0.1) is 0 Å². The first kappa shape index (κ1) is 12.2. The van der Waals surface area contributed by atoms with E-state index in [-0.39, 0.29) is 0 Å². The number of aliphatic carboxylic acids is 1. The molecule has 0 aliphatic heterocycles. The van der Waals surface area contributed by atoms with E-state index in [4.69, 9.17) is 10.4 Å². The Morgan fingerprint density at radius 2 is 2.12 bits per heavy atom. The lowest BCUT2D eigenvalue weighted by Crippen LogP contribution is -2.35. The molecule has 0 fully saturated rings. The van der Waals surface area contributed by atoms with Crippen molar-refractivity contribution in [2.45, 2.75) is 25.9 Å². The summed E-state index contributed by atoms with van der Waals surface area (Å²) in [5, 5.41) is 20.4. The van der Waals surface area contributed by atoms with Crippen LogP contribution in [0.25, 0.3) is 0 Å². The molecule has 0 aromatic heterocycles. The number of benzene rings is 1. The van der Waals surface area contributed by atoms with E-state index in [1.165, 1.54) is 0 Å². The minimum Gasteiger partial charge on any atom is -0.480 e. The lowest BCUT2D eigenvalue weighted by atomic mass is 10.1. The highest BCUT2D eigenvalue weighted by molar-refractivity contribution is 5.73. The van der Waals surface area contributed by atoms with Crippen molar-refractivity contribution in [3.8, 4) is 6.07 Å². The summed E-state index contributed by atoms with van der Waals surface area (Å²) < 4.78 is 0. The van der Waals surface area contributed by atoms with Gasteiger partial charge in [-0.1, -0.05) is 19.1 Å². The van der Waals surface area contributed by atoms with E-state index in [1.807, 2.05) is 25.1 Å². The molecule has 0 radical (unpaired) electrons. The van der Waals surface area contributed by atoms with Crippen LogP contribution in [0.2, 0.25) is 0 Å². The highest BCUT2D eigenvalue weighted by Gasteiger charge is 2.13. The van der Waals surface area contributed by atoms with E-state index in [1.54, 1.807) is 12.1 Å². The van der Waals surface area contributed by atoms with Crippen molar-refractivity contribution in [3.05, 3.63) is 35.4 Å². The number of carboxylic acids is 1. The number of nitrogens with one attached hydrogen (secondary N) is 1. The maximum absolute atomic E-state index is 10.7. The van der Waals surface area contributed by atoms with Crippen LogP contribution in [-0.4, -0.2) is 17.1 Å². The standard InChI is InChI=1S/C12H14N2O2/c1-2-11(12(15)16)14-8-10-5-3-9(7-13)4-6-10/h3-6,11,14H,2,8H2,1H3,(H,15,16). The summed E-state index contributed by atoms with van der Waals surface area (Å²) >= 11 is 0. The topological polar surface area (TPSA) is 73.1 Å². The second-order valence-corrected chi connectivity index (χ2v) is 3.49. The molecule has 1 aromatic rings. The smallest absolute Gasteiger partial charge is 0.320 e. The molecule has 16 heavy (non-hydrogen) atoms. The number of hydrogen-bond donors (Lipinski definition) is 2. The Balaban J connectivity index is 2.54. The minimum absolute atomic E-state index is 0.497. The first-order chi connectivity index (χ1) is 7.67. The fraction of sp³-hybridized carbons (Fsp3) is 0.333. The van der Waals surface area contributed by atoms with Crippen molar-refractivity contribution in [3.63, 3.8) is 0 Å². The van der Waals surface area contributed by atoms with Gasteiger partial charge in [-0.25, -0.2) is 0 Å². The fourth-order valence-electron chi connectivity index (χ4n) is 1.34. The number of carbonyl (C=O) groups is 1. The predicted molar refractivity (Wildman–Crippen MR) is 59.7 cm³/mol. The predicted octanol–water partition coefficient (Wildman–Crippen LogP) is 1.51. The molecule has 0 aliphatic rings. The zero-order chi connectivity index (χ0) is 12.0. The SMILES string of the molecule is CCC(NCc1ccc(C#N)cc1)C(=O)O. The third-order valence-corrected chi connectivity index (χ3v) is 2.34. The minimum atomic E-state index is -0.837. The lowest BCUT2D eigenvalue weighted by molar-refractivity contribution is -0.139.